The molecule has 29 heavy (non-hydrogen) atoms. The zero-order valence-corrected chi connectivity index (χ0v) is 15.6. The molecule has 3 aromatic rings. The van der Waals surface area contributed by atoms with E-state index in [9.17, 15) is 9.59 Å². The van der Waals surface area contributed by atoms with Gasteiger partial charge in [-0.05, 0) is 17.2 Å². The molecule has 0 spiro atoms. The van der Waals surface area contributed by atoms with Crippen LogP contribution in [0, 0.1) is 0 Å². The number of carbonyl (C=O) groups is 2. The van der Waals surface area contributed by atoms with Crippen LogP contribution in [-0.2, 0) is 22.6 Å². The number of amides is 1. The summed E-state index contributed by atoms with van der Waals surface area (Å²) < 4.78 is 5.25. The smallest absolute Gasteiger partial charge is 0.409 e. The van der Waals surface area contributed by atoms with Gasteiger partial charge in [0.1, 0.15) is 6.61 Å². The number of aromatic nitrogens is 1. The summed E-state index contributed by atoms with van der Waals surface area (Å²) in [5.41, 5.74) is 3.68. The Kier molecular flexibility index (Phi) is 5.42. The molecule has 1 aliphatic heterocycles. The monoisotopic (exact) mass is 385 g/mol. The van der Waals surface area contributed by atoms with Crippen LogP contribution < -0.4 is 5.32 Å². The lowest BCUT2D eigenvalue weighted by molar-refractivity contribution is -0.120. The highest BCUT2D eigenvalue weighted by Gasteiger charge is 2.28. The van der Waals surface area contributed by atoms with Crippen molar-refractivity contribution in [3.8, 4) is 0 Å². The molecule has 6 nitrogen and oxygen atoms in total. The van der Waals surface area contributed by atoms with Crippen molar-refractivity contribution < 1.29 is 14.3 Å². The third-order valence-electron chi connectivity index (χ3n) is 4.56. The van der Waals surface area contributed by atoms with Crippen molar-refractivity contribution in [2.24, 2.45) is 4.99 Å². The number of aliphatic imine (C=N–C) groups is 1. The van der Waals surface area contributed by atoms with Crippen LogP contribution in [-0.4, -0.2) is 28.7 Å². The Morgan fingerprint density at radius 2 is 1.72 bits per heavy atom. The Labute approximate surface area is 168 Å². The van der Waals surface area contributed by atoms with Crippen LogP contribution in [0.15, 0.2) is 84.0 Å². The Morgan fingerprint density at radius 3 is 2.48 bits per heavy atom. The van der Waals surface area contributed by atoms with E-state index in [2.05, 4.69) is 15.3 Å². The number of hydrogen-bond acceptors (Lipinski definition) is 5. The van der Waals surface area contributed by atoms with Crippen molar-refractivity contribution in [1.29, 1.82) is 0 Å². The number of nitrogens with one attached hydrogen (secondary N) is 1. The molecule has 1 amide bonds. The number of carbonyl (C=O) groups excluding carboxylic acids is 2. The van der Waals surface area contributed by atoms with E-state index >= 15 is 0 Å². The first-order valence-electron chi connectivity index (χ1n) is 9.28. The quantitative estimate of drug-likeness (QED) is 0.747. The maximum Gasteiger partial charge on any atom is 0.409 e. The first kappa shape index (κ1) is 18.6. The molecule has 144 valence electrons. The number of ketones is 1. The maximum absolute atomic E-state index is 12.8. The highest BCUT2D eigenvalue weighted by molar-refractivity contribution is 6.15. The van der Waals surface area contributed by atoms with Crippen molar-refractivity contribution in [2.75, 3.05) is 0 Å². The summed E-state index contributed by atoms with van der Waals surface area (Å²) in [7, 11) is 0. The van der Waals surface area contributed by atoms with Gasteiger partial charge in [0.25, 0.3) is 0 Å². The van der Waals surface area contributed by atoms with E-state index in [1.807, 2.05) is 66.7 Å². The van der Waals surface area contributed by atoms with Crippen molar-refractivity contribution in [3.63, 3.8) is 0 Å². The Morgan fingerprint density at radius 1 is 1.00 bits per heavy atom. The average Bonchev–Trinajstić information content (AvgIpc) is 2.90. The fraction of sp³-hybridized carbons (Fsp3) is 0.130. The minimum Gasteiger partial charge on any atom is -0.445 e. The maximum atomic E-state index is 12.8. The summed E-state index contributed by atoms with van der Waals surface area (Å²) in [5.74, 6) is -0.221. The van der Waals surface area contributed by atoms with E-state index in [4.69, 9.17) is 4.74 Å². The van der Waals surface area contributed by atoms with Crippen molar-refractivity contribution in [1.82, 2.24) is 10.3 Å². The van der Waals surface area contributed by atoms with E-state index in [1.54, 1.807) is 12.3 Å². The van der Waals surface area contributed by atoms with Crippen LogP contribution in [0.2, 0.25) is 0 Å². The average molecular weight is 385 g/mol. The number of Topliss-reactive ketones (excluding diaryl/α,β-unsaturated/α-hetero) is 1. The van der Waals surface area contributed by atoms with Crippen molar-refractivity contribution >= 4 is 17.6 Å². The van der Waals surface area contributed by atoms with Gasteiger partial charge in [-0.15, -0.1) is 0 Å². The minimum atomic E-state index is -1.04. The number of fused-ring (bicyclic) bond motifs is 1. The van der Waals surface area contributed by atoms with Crippen LogP contribution >= 0.6 is 0 Å². The predicted octanol–water partition coefficient (Wildman–Crippen LogP) is 3.30. The summed E-state index contributed by atoms with van der Waals surface area (Å²) in [6, 6.07) is 22.5. The van der Waals surface area contributed by atoms with Crippen LogP contribution in [0.3, 0.4) is 0 Å². The first-order chi connectivity index (χ1) is 14.2. The van der Waals surface area contributed by atoms with E-state index in [0.29, 0.717) is 11.4 Å². The largest absolute Gasteiger partial charge is 0.445 e. The molecule has 2 aromatic carbocycles. The van der Waals surface area contributed by atoms with Gasteiger partial charge < -0.3 is 4.74 Å². The van der Waals surface area contributed by atoms with E-state index < -0.39 is 12.3 Å². The van der Waals surface area contributed by atoms with Crippen molar-refractivity contribution in [3.05, 3.63) is 101 Å². The first-order valence-corrected chi connectivity index (χ1v) is 9.28. The predicted molar refractivity (Wildman–Crippen MR) is 109 cm³/mol. The molecular weight excluding hydrogens is 366 g/mol. The summed E-state index contributed by atoms with van der Waals surface area (Å²) >= 11 is 0. The molecule has 2 heterocycles. The minimum absolute atomic E-state index is 0.116. The van der Waals surface area contributed by atoms with Crippen molar-refractivity contribution in [2.45, 2.75) is 19.2 Å². The van der Waals surface area contributed by atoms with Gasteiger partial charge in [-0.1, -0.05) is 66.7 Å². The van der Waals surface area contributed by atoms with Gasteiger partial charge in [-0.2, -0.15) is 0 Å². The fourth-order valence-electron chi connectivity index (χ4n) is 3.14. The molecule has 4 rings (SSSR count). The Hall–Kier alpha value is -3.80. The van der Waals surface area contributed by atoms with Crippen LogP contribution in [0.25, 0.3) is 0 Å². The topological polar surface area (TPSA) is 80.7 Å². The summed E-state index contributed by atoms with van der Waals surface area (Å²) in [4.78, 5) is 34.0. The van der Waals surface area contributed by atoms with Gasteiger partial charge in [-0.25, -0.2) is 9.79 Å². The number of ether oxygens (including phenoxy) is 1. The number of pyridine rings is 1. The lowest BCUT2D eigenvalue weighted by Crippen LogP contribution is -2.40. The molecule has 1 N–H and O–H groups in total. The molecule has 1 aromatic heterocycles. The molecule has 0 aliphatic carbocycles. The normalized spacial score (nSPS) is 15.7. The van der Waals surface area contributed by atoms with Gasteiger partial charge >= 0.3 is 6.09 Å². The van der Waals surface area contributed by atoms with E-state index in [-0.39, 0.29) is 18.8 Å². The lowest BCUT2D eigenvalue weighted by Gasteiger charge is -2.13. The molecule has 1 atom stereocenters. The number of alkyl carbamates (subject to hydrolysis) is 1. The van der Waals surface area contributed by atoms with Gasteiger partial charge in [0.05, 0.1) is 11.4 Å². The molecule has 0 saturated heterocycles. The van der Waals surface area contributed by atoms with Gasteiger partial charge in [0, 0.05) is 18.2 Å². The number of nitrogens with zero attached hydrogens (tertiary/aromatic N) is 2. The highest BCUT2D eigenvalue weighted by atomic mass is 16.5. The molecule has 1 aliphatic rings. The molecule has 0 fully saturated rings. The van der Waals surface area contributed by atoms with Crippen LogP contribution in [0.1, 0.15) is 22.4 Å². The second kappa shape index (κ2) is 8.48. The summed E-state index contributed by atoms with van der Waals surface area (Å²) in [5, 5.41) is 2.59. The molecule has 6 heteroatoms. The Balaban J connectivity index is 1.58. The standard InChI is InChI=1S/C23H19N3O3/c27-19-14-18-12-7-13-24-20(18)21(17-10-5-2-6-11-17)25-22(19)26-23(28)29-15-16-8-3-1-4-9-16/h1-13,22H,14-15H2,(H,26,28). The molecule has 0 bridgehead atoms. The van der Waals surface area contributed by atoms with Crippen LogP contribution in [0.4, 0.5) is 4.79 Å². The molecular formula is C23H19N3O3. The third-order valence-corrected chi connectivity index (χ3v) is 4.56. The lowest BCUT2D eigenvalue weighted by atomic mass is 10.0. The summed E-state index contributed by atoms with van der Waals surface area (Å²) in [6.45, 7) is 0.116. The number of hydrogen-bond donors (Lipinski definition) is 1. The molecule has 1 unspecified atom stereocenters. The molecule has 0 saturated carbocycles. The third kappa shape index (κ3) is 4.38. The second-order valence-corrected chi connectivity index (χ2v) is 6.61. The van der Waals surface area contributed by atoms with E-state index in [0.717, 1.165) is 16.7 Å². The Bertz CT molecular complexity index is 1050. The van der Waals surface area contributed by atoms with Crippen LogP contribution in [0.5, 0.6) is 0 Å². The SMILES string of the molecule is O=C(NC1N=C(c2ccccc2)c2ncccc2CC1=O)OCc1ccccc1. The number of benzene rings is 2. The summed E-state index contributed by atoms with van der Waals surface area (Å²) in [6.07, 6.45) is 0.0704. The zero-order valence-electron chi connectivity index (χ0n) is 15.6. The zero-order chi connectivity index (χ0) is 20.1. The van der Waals surface area contributed by atoms with E-state index in [1.165, 1.54) is 0 Å². The number of rotatable bonds is 4. The molecule has 0 radical (unpaired) electrons. The van der Waals surface area contributed by atoms with Gasteiger partial charge in [-0.3, -0.25) is 15.1 Å². The highest BCUT2D eigenvalue weighted by Crippen LogP contribution is 2.19. The fourth-order valence-corrected chi connectivity index (χ4v) is 3.14. The second-order valence-electron chi connectivity index (χ2n) is 6.61. The van der Waals surface area contributed by atoms with Gasteiger partial charge in [0.15, 0.2) is 11.9 Å². The van der Waals surface area contributed by atoms with Gasteiger partial charge in [0.2, 0.25) is 0 Å².